The summed E-state index contributed by atoms with van der Waals surface area (Å²) in [5.41, 5.74) is 7.16. The van der Waals surface area contributed by atoms with Crippen molar-refractivity contribution in [3.05, 3.63) is 57.8 Å². The molecule has 0 saturated carbocycles. The van der Waals surface area contributed by atoms with E-state index in [4.69, 9.17) is 5.73 Å². The average molecular weight is 373 g/mol. The van der Waals surface area contributed by atoms with Crippen molar-refractivity contribution in [2.45, 2.75) is 18.4 Å². The van der Waals surface area contributed by atoms with E-state index in [1.807, 2.05) is 13.0 Å². The standard InChI is InChI=1S/C14H14BrFN2O2S/c1-9-2-5-12(15)13(6-9)18-21(19,20)14-7-11(16)4-3-10(14)8-17/h2-7,18H,8,17H2,1H3. The molecule has 0 heterocycles. The smallest absolute Gasteiger partial charge is 0.262 e. The van der Waals surface area contributed by atoms with E-state index >= 15 is 0 Å². The Kier molecular flexibility index (Phi) is 4.65. The van der Waals surface area contributed by atoms with Crippen molar-refractivity contribution in [2.24, 2.45) is 5.73 Å². The van der Waals surface area contributed by atoms with Gasteiger partial charge >= 0.3 is 0 Å². The first-order chi connectivity index (χ1) is 9.83. The fraction of sp³-hybridized carbons (Fsp3) is 0.143. The molecule has 2 aromatic carbocycles. The van der Waals surface area contributed by atoms with Crippen LogP contribution in [0.5, 0.6) is 0 Å². The van der Waals surface area contributed by atoms with Crippen LogP contribution in [0.4, 0.5) is 10.1 Å². The first kappa shape index (κ1) is 15.9. The molecule has 0 aliphatic heterocycles. The summed E-state index contributed by atoms with van der Waals surface area (Å²) in [7, 11) is -3.92. The van der Waals surface area contributed by atoms with Gasteiger partial charge in [0, 0.05) is 11.0 Å². The number of rotatable bonds is 4. The highest BCUT2D eigenvalue weighted by Crippen LogP contribution is 2.27. The molecular formula is C14H14BrFN2O2S. The Hall–Kier alpha value is -1.44. The lowest BCUT2D eigenvalue weighted by atomic mass is 10.2. The summed E-state index contributed by atoms with van der Waals surface area (Å²) in [5, 5.41) is 0. The molecule has 0 atom stereocenters. The average Bonchev–Trinajstić information content (AvgIpc) is 2.42. The number of aryl methyl sites for hydroxylation is 1. The van der Waals surface area contributed by atoms with Crippen LogP contribution >= 0.6 is 15.9 Å². The van der Waals surface area contributed by atoms with Crippen LogP contribution in [-0.2, 0) is 16.6 Å². The van der Waals surface area contributed by atoms with Gasteiger partial charge in [-0.3, -0.25) is 4.72 Å². The van der Waals surface area contributed by atoms with Crippen LogP contribution in [0.3, 0.4) is 0 Å². The van der Waals surface area contributed by atoms with E-state index in [0.29, 0.717) is 15.7 Å². The number of sulfonamides is 1. The van der Waals surface area contributed by atoms with Gasteiger partial charge in [0.1, 0.15) is 5.82 Å². The van der Waals surface area contributed by atoms with Crippen molar-refractivity contribution in [2.75, 3.05) is 4.72 Å². The third-order valence-electron chi connectivity index (χ3n) is 2.90. The molecule has 21 heavy (non-hydrogen) atoms. The molecule has 0 spiro atoms. The molecule has 2 aromatic rings. The highest BCUT2D eigenvalue weighted by molar-refractivity contribution is 9.10. The topological polar surface area (TPSA) is 72.2 Å². The number of hydrogen-bond acceptors (Lipinski definition) is 3. The normalized spacial score (nSPS) is 11.4. The Labute approximate surface area is 131 Å². The Morgan fingerprint density at radius 3 is 2.62 bits per heavy atom. The quantitative estimate of drug-likeness (QED) is 0.865. The van der Waals surface area contributed by atoms with Crippen molar-refractivity contribution < 1.29 is 12.8 Å². The lowest BCUT2D eigenvalue weighted by Crippen LogP contribution is -2.17. The van der Waals surface area contributed by atoms with Crippen LogP contribution < -0.4 is 10.5 Å². The van der Waals surface area contributed by atoms with Gasteiger partial charge in [-0.1, -0.05) is 12.1 Å². The van der Waals surface area contributed by atoms with Crippen molar-refractivity contribution in [3.63, 3.8) is 0 Å². The fourth-order valence-electron chi connectivity index (χ4n) is 1.86. The molecule has 0 aromatic heterocycles. The van der Waals surface area contributed by atoms with Gasteiger partial charge in [-0.2, -0.15) is 0 Å². The zero-order valence-corrected chi connectivity index (χ0v) is 13.6. The maximum Gasteiger partial charge on any atom is 0.262 e. The third kappa shape index (κ3) is 3.61. The molecule has 0 amide bonds. The summed E-state index contributed by atoms with van der Waals surface area (Å²) in [5.74, 6) is -0.629. The van der Waals surface area contributed by atoms with Gasteiger partial charge in [0.05, 0.1) is 10.6 Å². The number of nitrogens with two attached hydrogens (primary N) is 1. The van der Waals surface area contributed by atoms with Crippen molar-refractivity contribution in [1.29, 1.82) is 0 Å². The lowest BCUT2D eigenvalue weighted by molar-refractivity contribution is 0.593. The second kappa shape index (κ2) is 6.13. The monoisotopic (exact) mass is 372 g/mol. The maximum atomic E-state index is 13.4. The number of hydrogen-bond donors (Lipinski definition) is 2. The van der Waals surface area contributed by atoms with Crippen LogP contribution in [0.25, 0.3) is 0 Å². The van der Waals surface area contributed by atoms with Gasteiger partial charge < -0.3 is 5.73 Å². The molecule has 0 fully saturated rings. The first-order valence-corrected chi connectivity index (χ1v) is 8.38. The van der Waals surface area contributed by atoms with Gasteiger partial charge in [-0.05, 0) is 58.2 Å². The molecule has 0 unspecified atom stereocenters. The predicted molar refractivity (Wildman–Crippen MR) is 84.0 cm³/mol. The van der Waals surface area contributed by atoms with Gasteiger partial charge in [0.2, 0.25) is 0 Å². The Balaban J connectivity index is 2.48. The van der Waals surface area contributed by atoms with Crippen LogP contribution in [-0.4, -0.2) is 8.42 Å². The van der Waals surface area contributed by atoms with Crippen molar-refractivity contribution >= 4 is 31.6 Å². The van der Waals surface area contributed by atoms with E-state index in [2.05, 4.69) is 20.7 Å². The van der Waals surface area contributed by atoms with E-state index in [-0.39, 0.29) is 11.4 Å². The Morgan fingerprint density at radius 2 is 1.95 bits per heavy atom. The SMILES string of the molecule is Cc1ccc(Br)c(NS(=O)(=O)c2cc(F)ccc2CN)c1. The maximum absolute atomic E-state index is 13.4. The second-order valence-electron chi connectivity index (χ2n) is 4.54. The Morgan fingerprint density at radius 1 is 1.24 bits per heavy atom. The van der Waals surface area contributed by atoms with Crippen LogP contribution in [0, 0.1) is 12.7 Å². The lowest BCUT2D eigenvalue weighted by Gasteiger charge is -2.13. The Bertz CT molecular complexity index is 779. The number of benzene rings is 2. The molecule has 2 rings (SSSR count). The minimum atomic E-state index is -3.92. The summed E-state index contributed by atoms with van der Waals surface area (Å²) >= 11 is 3.28. The van der Waals surface area contributed by atoms with E-state index in [1.54, 1.807) is 12.1 Å². The van der Waals surface area contributed by atoms with Gasteiger partial charge in [0.25, 0.3) is 10.0 Å². The molecule has 0 bridgehead atoms. The fourth-order valence-corrected chi connectivity index (χ4v) is 3.67. The van der Waals surface area contributed by atoms with Crippen LogP contribution in [0.15, 0.2) is 45.8 Å². The molecular weight excluding hydrogens is 359 g/mol. The summed E-state index contributed by atoms with van der Waals surface area (Å²) in [6, 6.07) is 8.79. The summed E-state index contributed by atoms with van der Waals surface area (Å²) in [6.07, 6.45) is 0. The molecule has 0 saturated heterocycles. The second-order valence-corrected chi connectivity index (χ2v) is 7.05. The largest absolute Gasteiger partial charge is 0.326 e. The molecule has 0 radical (unpaired) electrons. The predicted octanol–water partition coefficient (Wildman–Crippen LogP) is 3.16. The zero-order chi connectivity index (χ0) is 15.6. The summed E-state index contributed by atoms with van der Waals surface area (Å²) < 4.78 is 41.3. The minimum Gasteiger partial charge on any atom is -0.326 e. The third-order valence-corrected chi connectivity index (χ3v) is 5.04. The molecule has 4 nitrogen and oxygen atoms in total. The van der Waals surface area contributed by atoms with Crippen LogP contribution in [0.1, 0.15) is 11.1 Å². The van der Waals surface area contributed by atoms with E-state index in [9.17, 15) is 12.8 Å². The number of nitrogens with one attached hydrogen (secondary N) is 1. The number of halogens is 2. The summed E-state index contributed by atoms with van der Waals surface area (Å²) in [6.45, 7) is 1.85. The van der Waals surface area contributed by atoms with Gasteiger partial charge in [-0.25, -0.2) is 12.8 Å². The highest BCUT2D eigenvalue weighted by Gasteiger charge is 2.20. The van der Waals surface area contributed by atoms with Gasteiger partial charge in [-0.15, -0.1) is 0 Å². The highest BCUT2D eigenvalue weighted by atomic mass is 79.9. The summed E-state index contributed by atoms with van der Waals surface area (Å²) in [4.78, 5) is -0.154. The van der Waals surface area contributed by atoms with E-state index < -0.39 is 15.8 Å². The van der Waals surface area contributed by atoms with E-state index in [1.165, 1.54) is 12.1 Å². The van der Waals surface area contributed by atoms with Crippen molar-refractivity contribution in [3.8, 4) is 0 Å². The zero-order valence-electron chi connectivity index (χ0n) is 11.2. The molecule has 0 aliphatic carbocycles. The molecule has 0 aliphatic rings. The molecule has 3 N–H and O–H groups in total. The van der Waals surface area contributed by atoms with Crippen molar-refractivity contribution in [1.82, 2.24) is 0 Å². The first-order valence-electron chi connectivity index (χ1n) is 6.11. The van der Waals surface area contributed by atoms with E-state index in [0.717, 1.165) is 11.6 Å². The number of anilines is 1. The van der Waals surface area contributed by atoms with Gasteiger partial charge in [0.15, 0.2) is 0 Å². The molecule has 112 valence electrons. The molecule has 7 heteroatoms. The van der Waals surface area contributed by atoms with Crippen LogP contribution in [0.2, 0.25) is 0 Å². The minimum absolute atomic E-state index is 0.00547.